The fourth-order valence-corrected chi connectivity index (χ4v) is 9.63. The Bertz CT molecular complexity index is 1380. The average molecular weight is 544 g/mol. The molecule has 0 atom stereocenters. The normalized spacial score (nSPS) is 27.0. The van der Waals surface area contributed by atoms with Crippen LogP contribution in [-0.2, 0) is 23.0 Å². The van der Waals surface area contributed by atoms with E-state index in [-0.39, 0.29) is 23.4 Å². The number of para-hydroxylation sites is 1. The molecule has 0 aliphatic heterocycles. The minimum Gasteiger partial charge on any atom is -0.459 e. The number of benzene rings is 1. The number of nitrogens with zero attached hydrogens (tertiary/aromatic N) is 2. The molecule has 2 heterocycles. The molecule has 5 aliphatic carbocycles. The standard InChI is InChI=1S/C32H37N3O3S/c1-19(2)38-31(37)27-24-10-6-7-11-26(24)39-30(27)33-29(36)25-18-35(23-8-4-3-5-9-23)34-28(25)32-15-20-12-21(16-32)14-22(13-20)17-32/h3-5,8-9,18-22H,6-7,10-17H2,1-2H3,(H,33,36). The van der Waals surface area contributed by atoms with Crippen LogP contribution >= 0.6 is 11.3 Å². The summed E-state index contributed by atoms with van der Waals surface area (Å²) in [6.07, 6.45) is 13.1. The topological polar surface area (TPSA) is 73.2 Å². The van der Waals surface area contributed by atoms with E-state index in [4.69, 9.17) is 9.84 Å². The number of aromatic nitrogens is 2. The zero-order valence-electron chi connectivity index (χ0n) is 22.9. The Kier molecular flexibility index (Phi) is 6.18. The summed E-state index contributed by atoms with van der Waals surface area (Å²) in [4.78, 5) is 28.6. The molecule has 39 heavy (non-hydrogen) atoms. The summed E-state index contributed by atoms with van der Waals surface area (Å²) in [6.45, 7) is 3.73. The van der Waals surface area contributed by atoms with Gasteiger partial charge in [0.1, 0.15) is 5.00 Å². The number of rotatable bonds is 6. The van der Waals surface area contributed by atoms with Crippen LogP contribution in [-0.4, -0.2) is 27.8 Å². The maximum atomic E-state index is 14.2. The maximum Gasteiger partial charge on any atom is 0.341 e. The van der Waals surface area contributed by atoms with Crippen molar-refractivity contribution in [2.45, 2.75) is 89.6 Å². The summed E-state index contributed by atoms with van der Waals surface area (Å²) in [5.41, 5.74) is 4.15. The van der Waals surface area contributed by atoms with Crippen molar-refractivity contribution in [3.8, 4) is 5.69 Å². The smallest absolute Gasteiger partial charge is 0.341 e. The van der Waals surface area contributed by atoms with Crippen molar-refractivity contribution in [1.29, 1.82) is 0 Å². The van der Waals surface area contributed by atoms with Crippen LogP contribution in [0.3, 0.4) is 0 Å². The van der Waals surface area contributed by atoms with Crippen LogP contribution in [0.25, 0.3) is 5.69 Å². The maximum absolute atomic E-state index is 14.2. The SMILES string of the molecule is CC(C)OC(=O)c1c(NC(=O)c2cn(-c3ccccc3)nc2C23CC4CC(CC(C4)C2)C3)sc2c1CCCC2. The minimum absolute atomic E-state index is 0.0322. The first kappa shape index (κ1) is 25.1. The molecule has 0 spiro atoms. The highest BCUT2D eigenvalue weighted by Gasteiger charge is 2.54. The van der Waals surface area contributed by atoms with E-state index in [1.165, 1.54) is 24.1 Å². The van der Waals surface area contributed by atoms with Gasteiger partial charge in [-0.05, 0) is 114 Å². The van der Waals surface area contributed by atoms with Crippen LogP contribution in [0.2, 0.25) is 0 Å². The number of fused-ring (bicyclic) bond motifs is 1. The summed E-state index contributed by atoms with van der Waals surface area (Å²) >= 11 is 1.55. The van der Waals surface area contributed by atoms with Crippen LogP contribution in [0.5, 0.6) is 0 Å². The van der Waals surface area contributed by atoms with E-state index >= 15 is 0 Å². The van der Waals surface area contributed by atoms with Gasteiger partial charge in [-0.2, -0.15) is 5.10 Å². The zero-order chi connectivity index (χ0) is 26.7. The Balaban J connectivity index is 1.29. The third kappa shape index (κ3) is 4.43. The van der Waals surface area contributed by atoms with Gasteiger partial charge < -0.3 is 10.1 Å². The lowest BCUT2D eigenvalue weighted by Gasteiger charge is -2.56. The van der Waals surface area contributed by atoms with Gasteiger partial charge in [0.2, 0.25) is 0 Å². The van der Waals surface area contributed by atoms with Gasteiger partial charge in [0.25, 0.3) is 5.91 Å². The summed E-state index contributed by atoms with van der Waals surface area (Å²) in [6, 6.07) is 10.1. The van der Waals surface area contributed by atoms with E-state index in [9.17, 15) is 9.59 Å². The average Bonchev–Trinajstić information content (AvgIpc) is 3.51. The molecule has 4 fully saturated rings. The quantitative estimate of drug-likeness (QED) is 0.337. The number of ether oxygens (including phenoxy) is 1. The first-order valence-corrected chi connectivity index (χ1v) is 15.5. The van der Waals surface area contributed by atoms with E-state index in [1.807, 2.05) is 55.1 Å². The molecule has 5 aliphatic rings. The van der Waals surface area contributed by atoms with E-state index in [2.05, 4.69) is 5.32 Å². The molecule has 3 aromatic rings. The van der Waals surface area contributed by atoms with Crippen molar-refractivity contribution in [3.63, 3.8) is 0 Å². The molecular formula is C32H37N3O3S. The minimum atomic E-state index is -0.332. The second-order valence-electron chi connectivity index (χ2n) is 12.7. The number of amides is 1. The first-order valence-electron chi connectivity index (χ1n) is 14.7. The summed E-state index contributed by atoms with van der Waals surface area (Å²) < 4.78 is 7.52. The van der Waals surface area contributed by atoms with Crippen LogP contribution in [0, 0.1) is 17.8 Å². The second kappa shape index (κ2) is 9.61. The number of esters is 1. The number of hydrogen-bond donors (Lipinski definition) is 1. The molecular weight excluding hydrogens is 506 g/mol. The van der Waals surface area contributed by atoms with E-state index in [0.29, 0.717) is 16.1 Å². The molecule has 6 nitrogen and oxygen atoms in total. The fourth-order valence-electron chi connectivity index (χ4n) is 8.36. The number of anilines is 1. The Labute approximate surface area is 234 Å². The molecule has 1 amide bonds. The largest absolute Gasteiger partial charge is 0.459 e. The van der Waals surface area contributed by atoms with Crippen LogP contribution in [0.1, 0.15) is 102 Å². The van der Waals surface area contributed by atoms with Crippen molar-refractivity contribution in [2.24, 2.45) is 17.8 Å². The van der Waals surface area contributed by atoms with Gasteiger partial charge in [0.15, 0.2) is 0 Å². The van der Waals surface area contributed by atoms with Gasteiger partial charge in [0.05, 0.1) is 28.6 Å². The van der Waals surface area contributed by atoms with Gasteiger partial charge in [-0.1, -0.05) is 18.2 Å². The monoisotopic (exact) mass is 543 g/mol. The molecule has 2 aromatic heterocycles. The van der Waals surface area contributed by atoms with Gasteiger partial charge in [0, 0.05) is 16.5 Å². The van der Waals surface area contributed by atoms with Crippen molar-refractivity contribution in [2.75, 3.05) is 5.32 Å². The number of carbonyl (C=O) groups excluding carboxylic acids is 2. The Hall–Kier alpha value is -2.93. The third-order valence-electron chi connectivity index (χ3n) is 9.47. The molecule has 0 radical (unpaired) electrons. The van der Waals surface area contributed by atoms with Gasteiger partial charge >= 0.3 is 5.97 Å². The van der Waals surface area contributed by atoms with E-state index in [1.54, 1.807) is 11.3 Å². The molecule has 8 rings (SSSR count). The molecule has 0 unspecified atom stereocenters. The molecule has 1 aromatic carbocycles. The Morgan fingerprint density at radius 1 is 1.03 bits per heavy atom. The molecule has 4 saturated carbocycles. The van der Waals surface area contributed by atoms with Crippen LogP contribution < -0.4 is 5.32 Å². The lowest BCUT2D eigenvalue weighted by molar-refractivity contribution is -0.00765. The summed E-state index contributed by atoms with van der Waals surface area (Å²) in [5.74, 6) is 1.74. The zero-order valence-corrected chi connectivity index (χ0v) is 23.7. The molecule has 4 bridgehead atoms. The lowest BCUT2D eigenvalue weighted by Crippen LogP contribution is -2.49. The Morgan fingerprint density at radius 2 is 1.69 bits per heavy atom. The predicted molar refractivity (Wildman–Crippen MR) is 153 cm³/mol. The molecule has 204 valence electrons. The summed E-state index contributed by atoms with van der Waals surface area (Å²) in [7, 11) is 0. The number of aryl methyl sites for hydroxylation is 1. The summed E-state index contributed by atoms with van der Waals surface area (Å²) in [5, 5.41) is 8.99. The lowest BCUT2D eigenvalue weighted by atomic mass is 9.48. The predicted octanol–water partition coefficient (Wildman–Crippen LogP) is 7.10. The Morgan fingerprint density at radius 3 is 2.36 bits per heavy atom. The molecule has 7 heteroatoms. The van der Waals surface area contributed by atoms with E-state index in [0.717, 1.165) is 79.6 Å². The van der Waals surface area contributed by atoms with Gasteiger partial charge in [-0.15, -0.1) is 11.3 Å². The van der Waals surface area contributed by atoms with Crippen molar-refractivity contribution >= 4 is 28.2 Å². The first-order chi connectivity index (χ1) is 18.9. The highest BCUT2D eigenvalue weighted by Crippen LogP contribution is 2.61. The third-order valence-corrected chi connectivity index (χ3v) is 10.7. The highest BCUT2D eigenvalue weighted by atomic mass is 32.1. The number of hydrogen-bond acceptors (Lipinski definition) is 5. The highest BCUT2D eigenvalue weighted by molar-refractivity contribution is 7.17. The van der Waals surface area contributed by atoms with Crippen molar-refractivity contribution < 1.29 is 14.3 Å². The van der Waals surface area contributed by atoms with Gasteiger partial charge in [-0.25, -0.2) is 9.48 Å². The van der Waals surface area contributed by atoms with Crippen LogP contribution in [0.4, 0.5) is 5.00 Å². The van der Waals surface area contributed by atoms with Crippen LogP contribution in [0.15, 0.2) is 36.5 Å². The number of nitrogens with one attached hydrogen (secondary N) is 1. The van der Waals surface area contributed by atoms with E-state index < -0.39 is 0 Å². The van der Waals surface area contributed by atoms with Crippen molar-refractivity contribution in [1.82, 2.24) is 9.78 Å². The fraction of sp³-hybridized carbons (Fsp3) is 0.531. The second-order valence-corrected chi connectivity index (χ2v) is 13.8. The molecule has 0 saturated heterocycles. The number of thiophene rings is 1. The van der Waals surface area contributed by atoms with Crippen molar-refractivity contribution in [3.05, 3.63) is 63.8 Å². The number of carbonyl (C=O) groups is 2. The van der Waals surface area contributed by atoms with Gasteiger partial charge in [-0.3, -0.25) is 4.79 Å². The molecule has 1 N–H and O–H groups in total.